The van der Waals surface area contributed by atoms with E-state index in [-0.39, 0.29) is 23.3 Å². The Morgan fingerprint density at radius 3 is 2.37 bits per heavy atom. The highest BCUT2D eigenvalue weighted by Gasteiger charge is 2.42. The van der Waals surface area contributed by atoms with Crippen LogP contribution in [0.25, 0.3) is 0 Å². The lowest BCUT2D eigenvalue weighted by Gasteiger charge is -2.43. The number of fused-ring (bicyclic) bond motifs is 1. The number of rotatable bonds is 2. The van der Waals surface area contributed by atoms with Crippen molar-refractivity contribution in [1.82, 2.24) is 15.1 Å². The fourth-order valence-electron chi connectivity index (χ4n) is 3.52. The smallest absolute Gasteiger partial charge is 0.258 e. The number of hydrogen-bond donors (Lipinski definition) is 1. The molecule has 0 bridgehead atoms. The Kier molecular flexibility index (Phi) is 3.16. The second-order valence-corrected chi connectivity index (χ2v) is 8.25. The number of hydrogen-bond acceptors (Lipinski definition) is 5. The normalized spacial score (nSPS) is 33.8. The van der Waals surface area contributed by atoms with E-state index in [0.29, 0.717) is 4.90 Å². The van der Waals surface area contributed by atoms with Crippen molar-refractivity contribution in [2.24, 2.45) is 0 Å². The number of nitrogens with one attached hydrogen (secondary N) is 1. The molecule has 0 aliphatic carbocycles. The quantitative estimate of drug-likeness (QED) is 0.726. The van der Waals surface area contributed by atoms with Crippen molar-refractivity contribution in [3.8, 4) is 0 Å². The maximum absolute atomic E-state index is 15.5. The number of halogens is 2. The third-order valence-corrected chi connectivity index (χ3v) is 5.13. The van der Waals surface area contributed by atoms with Gasteiger partial charge in [-0.25, -0.2) is 8.78 Å². The first-order chi connectivity index (χ1) is 17.1. The monoisotopic (exact) mass is 428 g/mol. The highest BCUT2D eigenvalue weighted by molar-refractivity contribution is 6.05. The van der Waals surface area contributed by atoms with E-state index in [2.05, 4.69) is 5.32 Å². The Bertz CT molecular complexity index is 1230. The van der Waals surface area contributed by atoms with Gasteiger partial charge < -0.3 is 9.80 Å². The van der Waals surface area contributed by atoms with Gasteiger partial charge in [0.1, 0.15) is 6.04 Å². The molecule has 9 heteroatoms. The number of piperidine rings is 1. The summed E-state index contributed by atoms with van der Waals surface area (Å²) in [6.07, 6.45) is -0.164. The van der Waals surface area contributed by atoms with Crippen molar-refractivity contribution in [2.45, 2.75) is 51.7 Å². The van der Waals surface area contributed by atoms with E-state index in [0.717, 1.165) is 11.0 Å². The number of amides is 3. The number of piperazine rings is 1. The van der Waals surface area contributed by atoms with Gasteiger partial charge in [-0.3, -0.25) is 24.6 Å². The summed E-state index contributed by atoms with van der Waals surface area (Å²) in [4.78, 5) is 37.9. The van der Waals surface area contributed by atoms with Gasteiger partial charge in [-0.1, -0.05) is 0 Å². The second kappa shape index (κ2) is 7.30. The fraction of sp³-hybridized carbons (Fsp3) is 0.571. The first-order valence-electron chi connectivity index (χ1n) is 13.4. The topological polar surface area (TPSA) is 73.0 Å². The summed E-state index contributed by atoms with van der Waals surface area (Å²) in [5.41, 5.74) is -3.58. The summed E-state index contributed by atoms with van der Waals surface area (Å²) in [7, 11) is 0. The molecule has 4 rings (SSSR count). The Balaban J connectivity index is 1.87. The van der Waals surface area contributed by atoms with E-state index in [1.54, 1.807) is 0 Å². The zero-order valence-electron chi connectivity index (χ0n) is 24.6. The standard InChI is InChI=1S/C21H26F2N4O3/c1-21(2,3)26-8-6-25(7-9-26)14-10-12-11-27(13-4-5-15(28)24-19(13)29)20(30)16(12)18(23)17(14)22/h10,13H,4-9,11H2,1-3H3,(H,24,28,29)/t13-/m0/s1/i6D2,7D2,8D2,9D2. The highest BCUT2D eigenvalue weighted by Crippen LogP contribution is 2.35. The van der Waals surface area contributed by atoms with Crippen LogP contribution in [0, 0.1) is 11.6 Å². The Morgan fingerprint density at radius 1 is 1.10 bits per heavy atom. The predicted octanol–water partition coefficient (Wildman–Crippen LogP) is 1.65. The minimum absolute atomic E-state index is 0.0678. The van der Waals surface area contributed by atoms with Crippen LogP contribution in [0.5, 0.6) is 0 Å². The molecule has 0 spiro atoms. The molecule has 1 aromatic rings. The Morgan fingerprint density at radius 2 is 1.77 bits per heavy atom. The summed E-state index contributed by atoms with van der Waals surface area (Å²) >= 11 is 0. The molecule has 0 saturated carbocycles. The van der Waals surface area contributed by atoms with E-state index >= 15 is 8.78 Å². The molecule has 0 unspecified atom stereocenters. The van der Waals surface area contributed by atoms with Gasteiger partial charge in [-0.15, -0.1) is 0 Å². The molecule has 1 N–H and O–H groups in total. The second-order valence-electron chi connectivity index (χ2n) is 8.25. The average Bonchev–Trinajstić information content (AvgIpc) is 3.05. The maximum atomic E-state index is 15.5. The van der Waals surface area contributed by atoms with Gasteiger partial charge in [-0.2, -0.15) is 0 Å². The van der Waals surface area contributed by atoms with Crippen LogP contribution in [0.2, 0.25) is 0 Å². The van der Waals surface area contributed by atoms with E-state index in [9.17, 15) is 14.4 Å². The zero-order chi connectivity index (χ0) is 29.0. The van der Waals surface area contributed by atoms with Gasteiger partial charge in [0.15, 0.2) is 11.6 Å². The van der Waals surface area contributed by atoms with Gasteiger partial charge in [0.2, 0.25) is 11.8 Å². The lowest BCUT2D eigenvalue weighted by atomic mass is 10.0. The van der Waals surface area contributed by atoms with E-state index < -0.39 is 84.7 Å². The molecule has 3 aliphatic rings. The summed E-state index contributed by atoms with van der Waals surface area (Å²) < 4.78 is 99.0. The molecule has 0 radical (unpaired) electrons. The number of imide groups is 1. The molecule has 2 fully saturated rings. The molecule has 3 heterocycles. The summed E-state index contributed by atoms with van der Waals surface area (Å²) in [5, 5.41) is 2.06. The number of anilines is 1. The summed E-state index contributed by atoms with van der Waals surface area (Å²) in [6.45, 7) is -9.84. The Hall–Kier alpha value is -2.55. The van der Waals surface area contributed by atoms with E-state index in [1.165, 1.54) is 20.8 Å². The summed E-state index contributed by atoms with van der Waals surface area (Å²) in [5.74, 6) is -6.09. The van der Waals surface area contributed by atoms with Gasteiger partial charge in [0.05, 0.1) is 16.7 Å². The van der Waals surface area contributed by atoms with Gasteiger partial charge in [0.25, 0.3) is 5.91 Å². The minimum Gasteiger partial charge on any atom is -0.367 e. The lowest BCUT2D eigenvalue weighted by Crippen LogP contribution is -2.53. The third kappa shape index (κ3) is 3.45. The van der Waals surface area contributed by atoms with Crippen molar-refractivity contribution in [3.05, 3.63) is 28.8 Å². The molecular formula is C21H26F2N4O3. The SMILES string of the molecule is [2H]C1([2H])N(c2cc3c(c(F)c2F)C(=O)N([C@H]2CCC(=O)NC2=O)C3)C([2H])([2H])C([2H])([2H])N(C(C)(C)C)C1([2H])[2H]. The van der Waals surface area contributed by atoms with Crippen LogP contribution in [-0.2, 0) is 16.1 Å². The minimum atomic E-state index is -3.46. The fourth-order valence-corrected chi connectivity index (χ4v) is 3.52. The largest absolute Gasteiger partial charge is 0.367 e. The molecule has 3 aliphatic heterocycles. The van der Waals surface area contributed by atoms with Crippen molar-refractivity contribution >= 4 is 23.4 Å². The molecule has 2 saturated heterocycles. The van der Waals surface area contributed by atoms with Crippen LogP contribution in [0.15, 0.2) is 6.07 Å². The van der Waals surface area contributed by atoms with Gasteiger partial charge in [0, 0.05) is 50.0 Å². The van der Waals surface area contributed by atoms with Crippen LogP contribution in [-0.4, -0.2) is 65.1 Å². The van der Waals surface area contributed by atoms with Crippen LogP contribution in [0.4, 0.5) is 14.5 Å². The van der Waals surface area contributed by atoms with Crippen molar-refractivity contribution in [3.63, 3.8) is 0 Å². The first kappa shape index (κ1) is 13.0. The van der Waals surface area contributed by atoms with Gasteiger partial charge in [-0.05, 0) is 38.8 Å². The Labute approximate surface area is 185 Å². The third-order valence-electron chi connectivity index (χ3n) is 5.13. The number of benzene rings is 1. The lowest BCUT2D eigenvalue weighted by molar-refractivity contribution is -0.136. The molecular weight excluding hydrogens is 394 g/mol. The maximum Gasteiger partial charge on any atom is 0.258 e. The molecule has 162 valence electrons. The number of nitrogens with zero attached hydrogens (tertiary/aromatic N) is 3. The molecule has 30 heavy (non-hydrogen) atoms. The first-order valence-corrected chi connectivity index (χ1v) is 9.36. The summed E-state index contributed by atoms with van der Waals surface area (Å²) in [6, 6.07) is -0.401. The van der Waals surface area contributed by atoms with Crippen molar-refractivity contribution in [2.75, 3.05) is 30.9 Å². The molecule has 3 amide bonds. The molecule has 0 aromatic heterocycles. The van der Waals surface area contributed by atoms with Crippen LogP contribution in [0.1, 0.15) is 60.5 Å². The van der Waals surface area contributed by atoms with Crippen molar-refractivity contribution < 1.29 is 34.1 Å². The molecule has 1 atom stereocenters. The van der Waals surface area contributed by atoms with Crippen LogP contribution >= 0.6 is 0 Å². The van der Waals surface area contributed by atoms with E-state index in [4.69, 9.17) is 11.0 Å². The van der Waals surface area contributed by atoms with Crippen LogP contribution in [0.3, 0.4) is 0 Å². The predicted molar refractivity (Wildman–Crippen MR) is 106 cm³/mol. The van der Waals surface area contributed by atoms with Crippen molar-refractivity contribution in [1.29, 1.82) is 0 Å². The average molecular weight is 429 g/mol. The number of carbonyl (C=O) groups is 3. The van der Waals surface area contributed by atoms with Gasteiger partial charge >= 0.3 is 0 Å². The van der Waals surface area contributed by atoms with E-state index in [1.807, 2.05) is 0 Å². The molecule has 7 nitrogen and oxygen atoms in total. The van der Waals surface area contributed by atoms with Crippen LogP contribution < -0.4 is 10.2 Å². The number of carbonyl (C=O) groups excluding carboxylic acids is 3. The molecule has 1 aromatic carbocycles. The zero-order valence-corrected chi connectivity index (χ0v) is 16.6. The highest BCUT2D eigenvalue weighted by atomic mass is 19.2.